The molecule has 1 saturated heterocycles. The highest BCUT2D eigenvalue weighted by Gasteiger charge is 2.24. The van der Waals surface area contributed by atoms with E-state index >= 15 is 0 Å². The molecule has 19 heavy (non-hydrogen) atoms. The number of halogens is 1. The van der Waals surface area contributed by atoms with Crippen LogP contribution in [0.3, 0.4) is 0 Å². The predicted molar refractivity (Wildman–Crippen MR) is 81.4 cm³/mol. The van der Waals surface area contributed by atoms with Crippen molar-refractivity contribution in [3.63, 3.8) is 0 Å². The van der Waals surface area contributed by atoms with Crippen LogP contribution in [0.4, 0.5) is 0 Å². The normalized spacial score (nSPS) is 21.6. The minimum Gasteiger partial charge on any atom is -0.496 e. The number of nitrogens with zero attached hydrogens (tertiary/aromatic N) is 2. The number of hydrogen-bond donors (Lipinski definition) is 1. The number of nitrogens with two attached hydrogens (primary N) is 1. The van der Waals surface area contributed by atoms with Crippen LogP contribution in [-0.4, -0.2) is 56.2 Å². The van der Waals surface area contributed by atoms with Crippen molar-refractivity contribution in [1.29, 1.82) is 0 Å². The highest BCUT2D eigenvalue weighted by molar-refractivity contribution is 9.10. The molecule has 1 aliphatic rings. The SMILES string of the molecule is COc1ccc(Br)cc1CN1CCN(C)CC1CN. The van der Waals surface area contributed by atoms with Gasteiger partial charge >= 0.3 is 0 Å². The molecule has 1 aliphatic heterocycles. The summed E-state index contributed by atoms with van der Waals surface area (Å²) in [6.45, 7) is 4.76. The van der Waals surface area contributed by atoms with Crippen molar-refractivity contribution in [3.05, 3.63) is 28.2 Å². The highest BCUT2D eigenvalue weighted by atomic mass is 79.9. The first-order chi connectivity index (χ1) is 9.13. The standard InChI is InChI=1S/C14H22BrN3O/c1-17-5-6-18(13(8-16)10-17)9-11-7-12(15)3-4-14(11)19-2/h3-4,7,13H,5-6,8-10,16H2,1-2H3. The lowest BCUT2D eigenvalue weighted by Gasteiger charge is -2.39. The highest BCUT2D eigenvalue weighted by Crippen LogP contribution is 2.25. The largest absolute Gasteiger partial charge is 0.496 e. The predicted octanol–water partition coefficient (Wildman–Crippen LogP) is 1.53. The van der Waals surface area contributed by atoms with E-state index in [0.29, 0.717) is 12.6 Å². The van der Waals surface area contributed by atoms with Gasteiger partial charge in [-0.05, 0) is 25.2 Å². The summed E-state index contributed by atoms with van der Waals surface area (Å²) in [6, 6.07) is 6.56. The van der Waals surface area contributed by atoms with E-state index in [4.69, 9.17) is 10.5 Å². The summed E-state index contributed by atoms with van der Waals surface area (Å²) in [7, 11) is 3.87. The average molecular weight is 328 g/mol. The molecule has 0 bridgehead atoms. The third kappa shape index (κ3) is 3.69. The molecular formula is C14H22BrN3O. The van der Waals surface area contributed by atoms with Gasteiger partial charge < -0.3 is 15.4 Å². The Bertz CT molecular complexity index is 427. The first-order valence-electron chi connectivity index (χ1n) is 6.59. The van der Waals surface area contributed by atoms with Gasteiger partial charge in [0, 0.05) is 48.8 Å². The molecule has 1 atom stereocenters. The number of methoxy groups -OCH3 is 1. The van der Waals surface area contributed by atoms with Gasteiger partial charge in [0.15, 0.2) is 0 Å². The molecule has 2 rings (SSSR count). The quantitative estimate of drug-likeness (QED) is 0.910. The molecule has 2 N–H and O–H groups in total. The Labute approximate surface area is 123 Å². The molecule has 0 aliphatic carbocycles. The molecule has 1 heterocycles. The first-order valence-corrected chi connectivity index (χ1v) is 7.38. The van der Waals surface area contributed by atoms with Crippen LogP contribution in [0.2, 0.25) is 0 Å². The van der Waals surface area contributed by atoms with E-state index in [9.17, 15) is 0 Å². The van der Waals surface area contributed by atoms with Gasteiger partial charge in [-0.15, -0.1) is 0 Å². The lowest BCUT2D eigenvalue weighted by atomic mass is 10.1. The Morgan fingerprint density at radius 2 is 2.21 bits per heavy atom. The second kappa shape index (κ2) is 6.70. The van der Waals surface area contributed by atoms with Crippen molar-refractivity contribution in [3.8, 4) is 5.75 Å². The van der Waals surface area contributed by atoms with Gasteiger partial charge in [-0.25, -0.2) is 0 Å². The fraction of sp³-hybridized carbons (Fsp3) is 0.571. The van der Waals surface area contributed by atoms with Crippen molar-refractivity contribution in [1.82, 2.24) is 9.80 Å². The van der Waals surface area contributed by atoms with Crippen LogP contribution in [0.5, 0.6) is 5.75 Å². The molecular weight excluding hydrogens is 306 g/mol. The number of benzene rings is 1. The molecule has 1 unspecified atom stereocenters. The summed E-state index contributed by atoms with van der Waals surface area (Å²) in [5.41, 5.74) is 7.11. The summed E-state index contributed by atoms with van der Waals surface area (Å²) < 4.78 is 6.53. The maximum Gasteiger partial charge on any atom is 0.123 e. The number of ether oxygens (including phenoxy) is 1. The maximum absolute atomic E-state index is 5.90. The molecule has 106 valence electrons. The summed E-state index contributed by atoms with van der Waals surface area (Å²) in [4.78, 5) is 4.79. The van der Waals surface area contributed by atoms with E-state index in [2.05, 4.69) is 38.8 Å². The first kappa shape index (κ1) is 14.8. The molecule has 0 saturated carbocycles. The summed E-state index contributed by atoms with van der Waals surface area (Å²) in [5.74, 6) is 0.942. The summed E-state index contributed by atoms with van der Waals surface area (Å²) >= 11 is 3.53. The van der Waals surface area contributed by atoms with Crippen LogP contribution in [0.15, 0.2) is 22.7 Å². The van der Waals surface area contributed by atoms with Gasteiger partial charge in [0.05, 0.1) is 7.11 Å². The van der Waals surface area contributed by atoms with Gasteiger partial charge in [0.25, 0.3) is 0 Å². The number of rotatable bonds is 4. The molecule has 0 amide bonds. The smallest absolute Gasteiger partial charge is 0.123 e. The van der Waals surface area contributed by atoms with Crippen LogP contribution in [0.1, 0.15) is 5.56 Å². The lowest BCUT2D eigenvalue weighted by Crippen LogP contribution is -2.54. The monoisotopic (exact) mass is 327 g/mol. The van der Waals surface area contributed by atoms with Crippen molar-refractivity contribution in [2.24, 2.45) is 5.73 Å². The molecule has 1 aromatic rings. The molecule has 1 fully saturated rings. The van der Waals surface area contributed by atoms with Crippen LogP contribution in [0.25, 0.3) is 0 Å². The maximum atomic E-state index is 5.90. The minimum atomic E-state index is 0.419. The van der Waals surface area contributed by atoms with E-state index in [1.807, 2.05) is 12.1 Å². The Morgan fingerprint density at radius 1 is 1.42 bits per heavy atom. The van der Waals surface area contributed by atoms with Crippen molar-refractivity contribution in [2.45, 2.75) is 12.6 Å². The van der Waals surface area contributed by atoms with Crippen LogP contribution < -0.4 is 10.5 Å². The van der Waals surface area contributed by atoms with Gasteiger partial charge in [0.2, 0.25) is 0 Å². The van der Waals surface area contributed by atoms with Crippen molar-refractivity contribution < 1.29 is 4.74 Å². The van der Waals surface area contributed by atoms with Gasteiger partial charge in [-0.3, -0.25) is 4.90 Å². The number of likely N-dealkylation sites (N-methyl/N-ethyl adjacent to an activating group) is 1. The Balaban J connectivity index is 2.13. The second-order valence-electron chi connectivity index (χ2n) is 5.08. The van der Waals surface area contributed by atoms with E-state index < -0.39 is 0 Å². The van der Waals surface area contributed by atoms with E-state index in [1.54, 1.807) is 7.11 Å². The van der Waals surface area contributed by atoms with Crippen molar-refractivity contribution in [2.75, 3.05) is 40.3 Å². The molecule has 0 spiro atoms. The molecule has 0 aromatic heterocycles. The minimum absolute atomic E-state index is 0.419. The Kier molecular flexibility index (Phi) is 5.21. The van der Waals surface area contributed by atoms with E-state index in [0.717, 1.165) is 36.4 Å². The topological polar surface area (TPSA) is 41.7 Å². The number of hydrogen-bond acceptors (Lipinski definition) is 4. The fourth-order valence-electron chi connectivity index (χ4n) is 2.57. The second-order valence-corrected chi connectivity index (χ2v) is 5.99. The third-order valence-electron chi connectivity index (χ3n) is 3.70. The Morgan fingerprint density at radius 3 is 2.89 bits per heavy atom. The summed E-state index contributed by atoms with van der Waals surface area (Å²) in [5, 5.41) is 0. The molecule has 0 radical (unpaired) electrons. The van der Waals surface area contributed by atoms with Crippen molar-refractivity contribution >= 4 is 15.9 Å². The van der Waals surface area contributed by atoms with Crippen LogP contribution in [0, 0.1) is 0 Å². The zero-order chi connectivity index (χ0) is 13.8. The molecule has 5 heteroatoms. The van der Waals surface area contributed by atoms with Gasteiger partial charge in [0.1, 0.15) is 5.75 Å². The Hall–Kier alpha value is -0.620. The molecule has 4 nitrogen and oxygen atoms in total. The zero-order valence-electron chi connectivity index (χ0n) is 11.6. The van der Waals surface area contributed by atoms with Crippen LogP contribution in [-0.2, 0) is 6.54 Å². The fourth-order valence-corrected chi connectivity index (χ4v) is 2.98. The van der Waals surface area contributed by atoms with Gasteiger partial charge in [-0.1, -0.05) is 15.9 Å². The van der Waals surface area contributed by atoms with Crippen LogP contribution >= 0.6 is 15.9 Å². The van der Waals surface area contributed by atoms with E-state index in [-0.39, 0.29) is 0 Å². The average Bonchev–Trinajstić information content (AvgIpc) is 2.41. The van der Waals surface area contributed by atoms with E-state index in [1.165, 1.54) is 5.56 Å². The summed E-state index contributed by atoms with van der Waals surface area (Å²) in [6.07, 6.45) is 0. The van der Waals surface area contributed by atoms with Gasteiger partial charge in [-0.2, -0.15) is 0 Å². The molecule has 1 aromatic carbocycles. The zero-order valence-corrected chi connectivity index (χ0v) is 13.2. The third-order valence-corrected chi connectivity index (χ3v) is 4.19. The number of piperazine rings is 1. The lowest BCUT2D eigenvalue weighted by molar-refractivity contribution is 0.0873.